The molecule has 0 unspecified atom stereocenters. The Morgan fingerprint density at radius 2 is 1.73 bits per heavy atom. The van der Waals surface area contributed by atoms with Gasteiger partial charge in [0, 0.05) is 19.6 Å². The van der Waals surface area contributed by atoms with Crippen molar-refractivity contribution in [3.8, 4) is 0 Å². The van der Waals surface area contributed by atoms with Crippen LogP contribution in [0.4, 0.5) is 0 Å². The van der Waals surface area contributed by atoms with Crippen LogP contribution in [0.25, 0.3) is 0 Å². The SMILES string of the molecule is C1=CN(Cc2ccc(C3CC(CN4CCCC4)C3)cc2)CC1. The molecule has 0 amide bonds. The number of nitrogens with zero attached hydrogens (tertiary/aromatic N) is 2. The molecule has 0 aromatic heterocycles. The van der Waals surface area contributed by atoms with Crippen LogP contribution in [0.2, 0.25) is 0 Å². The van der Waals surface area contributed by atoms with Gasteiger partial charge in [0.25, 0.3) is 0 Å². The minimum atomic E-state index is 0.827. The van der Waals surface area contributed by atoms with Gasteiger partial charge in [0.05, 0.1) is 0 Å². The van der Waals surface area contributed by atoms with E-state index in [1.54, 1.807) is 5.56 Å². The number of likely N-dealkylation sites (tertiary alicyclic amines) is 1. The standard InChI is InChI=1S/C20H28N2/c1-2-10-21(9-1)15-17-5-7-19(8-6-17)20-13-18(14-20)16-22-11-3-4-12-22/h1,5-9,18,20H,2-4,10-16H2. The molecule has 4 rings (SSSR count). The van der Waals surface area contributed by atoms with Crippen LogP contribution in [0.3, 0.4) is 0 Å². The Morgan fingerprint density at radius 1 is 0.955 bits per heavy atom. The summed E-state index contributed by atoms with van der Waals surface area (Å²) in [5.74, 6) is 1.78. The third-order valence-electron chi connectivity index (χ3n) is 5.69. The van der Waals surface area contributed by atoms with Crippen LogP contribution in [0.15, 0.2) is 36.5 Å². The molecule has 22 heavy (non-hydrogen) atoms. The first-order valence-electron chi connectivity index (χ1n) is 9.09. The monoisotopic (exact) mass is 296 g/mol. The van der Waals surface area contributed by atoms with Gasteiger partial charge < -0.3 is 9.80 Å². The van der Waals surface area contributed by atoms with Crippen molar-refractivity contribution in [3.05, 3.63) is 47.7 Å². The van der Waals surface area contributed by atoms with E-state index in [1.165, 1.54) is 63.8 Å². The topological polar surface area (TPSA) is 6.48 Å². The molecule has 3 aliphatic rings. The second-order valence-electron chi connectivity index (χ2n) is 7.43. The van der Waals surface area contributed by atoms with E-state index in [4.69, 9.17) is 0 Å². The van der Waals surface area contributed by atoms with Crippen molar-refractivity contribution in [2.75, 3.05) is 26.2 Å². The van der Waals surface area contributed by atoms with Gasteiger partial charge in [-0.3, -0.25) is 0 Å². The summed E-state index contributed by atoms with van der Waals surface area (Å²) in [6.07, 6.45) is 11.4. The summed E-state index contributed by atoms with van der Waals surface area (Å²) in [5, 5.41) is 0. The lowest BCUT2D eigenvalue weighted by atomic mass is 9.71. The highest BCUT2D eigenvalue weighted by atomic mass is 15.1. The van der Waals surface area contributed by atoms with E-state index in [2.05, 4.69) is 46.3 Å². The Labute approximate surface area is 134 Å². The first-order chi connectivity index (χ1) is 10.9. The van der Waals surface area contributed by atoms with Gasteiger partial charge >= 0.3 is 0 Å². The van der Waals surface area contributed by atoms with Crippen molar-refractivity contribution < 1.29 is 0 Å². The van der Waals surface area contributed by atoms with Crippen molar-refractivity contribution in [2.45, 2.75) is 44.6 Å². The molecule has 0 spiro atoms. The second kappa shape index (κ2) is 6.45. The van der Waals surface area contributed by atoms with Gasteiger partial charge in [-0.2, -0.15) is 0 Å². The van der Waals surface area contributed by atoms with E-state index in [1.807, 2.05) is 0 Å². The van der Waals surface area contributed by atoms with Gasteiger partial charge in [0.2, 0.25) is 0 Å². The smallest absolute Gasteiger partial charge is 0.0423 e. The highest BCUT2D eigenvalue weighted by molar-refractivity contribution is 5.27. The molecule has 2 aliphatic heterocycles. The van der Waals surface area contributed by atoms with Crippen LogP contribution < -0.4 is 0 Å². The predicted molar refractivity (Wildman–Crippen MR) is 91.7 cm³/mol. The zero-order valence-corrected chi connectivity index (χ0v) is 13.6. The molecule has 0 N–H and O–H groups in total. The fraction of sp³-hybridized carbons (Fsp3) is 0.600. The van der Waals surface area contributed by atoms with Crippen LogP contribution in [0.5, 0.6) is 0 Å². The van der Waals surface area contributed by atoms with E-state index in [0.29, 0.717) is 0 Å². The highest BCUT2D eigenvalue weighted by Crippen LogP contribution is 2.42. The Hall–Kier alpha value is -1.28. The Bertz CT molecular complexity index is 507. The first kappa shape index (κ1) is 14.3. The van der Waals surface area contributed by atoms with E-state index in [0.717, 1.165) is 18.4 Å². The molecule has 2 heterocycles. The molecule has 1 aromatic rings. The van der Waals surface area contributed by atoms with E-state index < -0.39 is 0 Å². The molecule has 2 heteroatoms. The van der Waals surface area contributed by atoms with Crippen LogP contribution in [-0.4, -0.2) is 36.0 Å². The summed E-state index contributed by atoms with van der Waals surface area (Å²) in [7, 11) is 0. The Balaban J connectivity index is 1.26. The van der Waals surface area contributed by atoms with Gasteiger partial charge in [-0.25, -0.2) is 0 Å². The lowest BCUT2D eigenvalue weighted by molar-refractivity contribution is 0.180. The maximum atomic E-state index is 2.67. The molecule has 1 saturated heterocycles. The predicted octanol–water partition coefficient (Wildman–Crippen LogP) is 4.00. The lowest BCUT2D eigenvalue weighted by Gasteiger charge is -2.38. The summed E-state index contributed by atoms with van der Waals surface area (Å²) < 4.78 is 0. The minimum Gasteiger partial charge on any atom is -0.373 e. The third kappa shape index (κ3) is 3.22. The zero-order chi connectivity index (χ0) is 14.8. The maximum Gasteiger partial charge on any atom is 0.0423 e. The van der Waals surface area contributed by atoms with Crippen molar-refractivity contribution in [1.82, 2.24) is 9.80 Å². The van der Waals surface area contributed by atoms with Gasteiger partial charge in [0.15, 0.2) is 0 Å². The molecule has 0 radical (unpaired) electrons. The lowest BCUT2D eigenvalue weighted by Crippen LogP contribution is -2.33. The molecule has 1 aliphatic carbocycles. The minimum absolute atomic E-state index is 0.827. The molecular formula is C20H28N2. The van der Waals surface area contributed by atoms with Gasteiger partial charge in [-0.1, -0.05) is 30.3 Å². The summed E-state index contributed by atoms with van der Waals surface area (Å²) in [4.78, 5) is 5.08. The van der Waals surface area contributed by atoms with Crippen LogP contribution in [0.1, 0.15) is 49.1 Å². The Morgan fingerprint density at radius 3 is 2.41 bits per heavy atom. The van der Waals surface area contributed by atoms with E-state index in [-0.39, 0.29) is 0 Å². The van der Waals surface area contributed by atoms with Gasteiger partial charge in [-0.05, 0) is 74.4 Å². The summed E-state index contributed by atoms with van der Waals surface area (Å²) in [6, 6.07) is 9.45. The number of hydrogen-bond donors (Lipinski definition) is 0. The van der Waals surface area contributed by atoms with Crippen LogP contribution in [0, 0.1) is 5.92 Å². The van der Waals surface area contributed by atoms with Crippen molar-refractivity contribution in [2.24, 2.45) is 5.92 Å². The van der Waals surface area contributed by atoms with Crippen LogP contribution >= 0.6 is 0 Å². The normalized spacial score (nSPS) is 28.3. The number of hydrogen-bond acceptors (Lipinski definition) is 2. The van der Waals surface area contributed by atoms with Crippen LogP contribution in [-0.2, 0) is 6.54 Å². The summed E-state index contributed by atoms with van der Waals surface area (Å²) in [5.41, 5.74) is 3.02. The Kier molecular flexibility index (Phi) is 4.20. The van der Waals surface area contributed by atoms with Crippen molar-refractivity contribution in [1.29, 1.82) is 0 Å². The van der Waals surface area contributed by atoms with E-state index in [9.17, 15) is 0 Å². The molecule has 0 bridgehead atoms. The number of rotatable bonds is 5. The van der Waals surface area contributed by atoms with Crippen molar-refractivity contribution in [3.63, 3.8) is 0 Å². The average Bonchev–Trinajstić information content (AvgIpc) is 3.17. The molecule has 2 fully saturated rings. The molecule has 2 nitrogen and oxygen atoms in total. The molecule has 1 saturated carbocycles. The quantitative estimate of drug-likeness (QED) is 0.810. The molecule has 1 aromatic carbocycles. The van der Waals surface area contributed by atoms with Gasteiger partial charge in [0.1, 0.15) is 0 Å². The largest absolute Gasteiger partial charge is 0.373 e. The third-order valence-corrected chi connectivity index (χ3v) is 5.69. The maximum absolute atomic E-state index is 2.67. The zero-order valence-electron chi connectivity index (χ0n) is 13.6. The average molecular weight is 296 g/mol. The first-order valence-corrected chi connectivity index (χ1v) is 9.09. The summed E-state index contributed by atoms with van der Waals surface area (Å²) >= 11 is 0. The molecule has 118 valence electrons. The van der Waals surface area contributed by atoms with Gasteiger partial charge in [-0.15, -0.1) is 0 Å². The summed E-state index contributed by atoms with van der Waals surface area (Å²) in [6.45, 7) is 6.30. The van der Waals surface area contributed by atoms with Crippen molar-refractivity contribution >= 4 is 0 Å². The second-order valence-corrected chi connectivity index (χ2v) is 7.43. The number of benzene rings is 1. The fourth-order valence-electron chi connectivity index (χ4n) is 4.29. The molecule has 0 atom stereocenters. The fourth-order valence-corrected chi connectivity index (χ4v) is 4.29. The van der Waals surface area contributed by atoms with E-state index >= 15 is 0 Å². The molecular weight excluding hydrogens is 268 g/mol. The highest BCUT2D eigenvalue weighted by Gasteiger charge is 2.31.